The molecule has 1 N–H and O–H groups in total. The van der Waals surface area contributed by atoms with Gasteiger partial charge in [-0.25, -0.2) is 9.29 Å². The van der Waals surface area contributed by atoms with Gasteiger partial charge in [0.1, 0.15) is 17.6 Å². The van der Waals surface area contributed by atoms with E-state index in [2.05, 4.69) is 5.32 Å². The maximum absolute atomic E-state index is 13.8. The van der Waals surface area contributed by atoms with Gasteiger partial charge in [0, 0.05) is 16.5 Å². The van der Waals surface area contributed by atoms with Crippen molar-refractivity contribution in [2.75, 3.05) is 10.2 Å². The fourth-order valence-corrected chi connectivity index (χ4v) is 7.96. The summed E-state index contributed by atoms with van der Waals surface area (Å²) in [5.74, 6) is -2.99. The molecule has 2 aliphatic rings. The number of anilines is 2. The number of hydrogen-bond donors (Lipinski definition) is 1. The van der Waals surface area contributed by atoms with Crippen molar-refractivity contribution in [1.29, 1.82) is 0 Å². The van der Waals surface area contributed by atoms with Crippen LogP contribution in [0.3, 0.4) is 0 Å². The molecule has 0 saturated carbocycles. The molecule has 3 atom stereocenters. The Balaban J connectivity index is 1.41. The Morgan fingerprint density at radius 1 is 0.949 bits per heavy atom. The number of aromatic nitrogens is 1. The van der Waals surface area contributed by atoms with Crippen molar-refractivity contribution in [3.63, 3.8) is 0 Å². The number of fused-ring (bicyclic) bond motifs is 2. The summed E-state index contributed by atoms with van der Waals surface area (Å²) in [5.41, 5.74) is 2.69. The molecule has 2 aliphatic heterocycles. The maximum Gasteiger partial charge on any atom is 0.308 e. The first-order valence-corrected chi connectivity index (χ1v) is 14.0. The predicted molar refractivity (Wildman–Crippen MR) is 149 cm³/mol. The SMILES string of the molecule is Cc1cccc(NC(=O)Cn2c3c(sc2=O)[C@@H](c2ccc(F)cc2)[C@@H]2C(=O)N(c4ccccc4)C(=O)[C@@H]2S3)c1. The third-order valence-electron chi connectivity index (χ3n) is 6.90. The molecule has 1 saturated heterocycles. The fourth-order valence-electron chi connectivity index (χ4n) is 5.18. The van der Waals surface area contributed by atoms with E-state index < -0.39 is 22.9 Å². The first kappa shape index (κ1) is 25.3. The Hall–Kier alpha value is -4.02. The minimum absolute atomic E-state index is 0.246. The Morgan fingerprint density at radius 2 is 1.69 bits per heavy atom. The normalized spacial score (nSPS) is 20.1. The van der Waals surface area contributed by atoms with Gasteiger partial charge < -0.3 is 5.32 Å². The Kier molecular flexibility index (Phi) is 6.44. The van der Waals surface area contributed by atoms with Crippen molar-refractivity contribution >= 4 is 52.2 Å². The van der Waals surface area contributed by atoms with Gasteiger partial charge >= 0.3 is 4.87 Å². The summed E-state index contributed by atoms with van der Waals surface area (Å²) in [6.07, 6.45) is 0. The van der Waals surface area contributed by atoms with Crippen LogP contribution < -0.4 is 15.1 Å². The molecule has 3 aromatic carbocycles. The van der Waals surface area contributed by atoms with Crippen LogP contribution in [0.4, 0.5) is 15.8 Å². The second-order valence-electron chi connectivity index (χ2n) is 9.48. The van der Waals surface area contributed by atoms with E-state index in [0.717, 1.165) is 28.7 Å². The zero-order valence-corrected chi connectivity index (χ0v) is 22.3. The highest BCUT2D eigenvalue weighted by molar-refractivity contribution is 8.00. The van der Waals surface area contributed by atoms with Crippen molar-refractivity contribution in [3.05, 3.63) is 110 Å². The quantitative estimate of drug-likeness (QED) is 0.355. The monoisotopic (exact) mass is 559 g/mol. The third-order valence-corrected chi connectivity index (χ3v) is 9.50. The summed E-state index contributed by atoms with van der Waals surface area (Å²) in [4.78, 5) is 55.0. The molecule has 0 spiro atoms. The molecule has 1 aromatic heterocycles. The van der Waals surface area contributed by atoms with Crippen molar-refractivity contribution in [1.82, 2.24) is 4.57 Å². The molecule has 0 bridgehead atoms. The Labute approximate surface area is 231 Å². The average molecular weight is 560 g/mol. The lowest BCUT2D eigenvalue weighted by molar-refractivity contribution is -0.122. The molecule has 3 heterocycles. The van der Waals surface area contributed by atoms with E-state index in [1.54, 1.807) is 48.5 Å². The van der Waals surface area contributed by atoms with Gasteiger partial charge in [-0.2, -0.15) is 0 Å². The van der Waals surface area contributed by atoms with E-state index in [-0.39, 0.29) is 29.1 Å². The second-order valence-corrected chi connectivity index (χ2v) is 11.6. The van der Waals surface area contributed by atoms with Crippen LogP contribution in [0.5, 0.6) is 0 Å². The smallest absolute Gasteiger partial charge is 0.308 e. The van der Waals surface area contributed by atoms with E-state index >= 15 is 0 Å². The number of amides is 3. The van der Waals surface area contributed by atoms with Crippen LogP contribution in [0.1, 0.15) is 21.9 Å². The van der Waals surface area contributed by atoms with E-state index in [1.165, 1.54) is 21.6 Å². The third kappa shape index (κ3) is 4.49. The number of nitrogens with one attached hydrogen (secondary N) is 1. The van der Waals surface area contributed by atoms with E-state index in [4.69, 9.17) is 0 Å². The lowest BCUT2D eigenvalue weighted by Gasteiger charge is -2.30. The molecule has 3 amide bonds. The van der Waals surface area contributed by atoms with E-state index in [0.29, 0.717) is 26.8 Å². The zero-order valence-electron chi connectivity index (χ0n) is 20.7. The number of benzene rings is 3. The number of thiazole rings is 1. The number of halogens is 1. The molecular weight excluding hydrogens is 537 g/mol. The number of nitrogens with zero attached hydrogens (tertiary/aromatic N) is 2. The van der Waals surface area contributed by atoms with Gasteiger partial charge in [0.25, 0.3) is 0 Å². The fraction of sp³-hybridized carbons (Fsp3) is 0.172. The Morgan fingerprint density at radius 3 is 2.41 bits per heavy atom. The number of aryl methyl sites for hydroxylation is 1. The molecule has 6 rings (SSSR count). The van der Waals surface area contributed by atoms with Crippen molar-refractivity contribution in [2.45, 2.75) is 29.7 Å². The zero-order chi connectivity index (χ0) is 27.3. The summed E-state index contributed by atoms with van der Waals surface area (Å²) in [5, 5.41) is 2.50. The highest BCUT2D eigenvalue weighted by Crippen LogP contribution is 2.53. The van der Waals surface area contributed by atoms with E-state index in [1.807, 2.05) is 25.1 Å². The minimum Gasteiger partial charge on any atom is -0.325 e. The van der Waals surface area contributed by atoms with Crippen LogP contribution in [-0.4, -0.2) is 27.5 Å². The molecule has 1 fully saturated rings. The molecule has 196 valence electrons. The molecular formula is C29H22FN3O4S2. The van der Waals surface area contributed by atoms with Crippen molar-refractivity contribution in [2.24, 2.45) is 5.92 Å². The number of hydrogen-bond acceptors (Lipinski definition) is 6. The van der Waals surface area contributed by atoms with Crippen LogP contribution in [0, 0.1) is 18.7 Å². The lowest BCUT2D eigenvalue weighted by Crippen LogP contribution is -2.33. The van der Waals surface area contributed by atoms with Crippen molar-refractivity contribution < 1.29 is 18.8 Å². The van der Waals surface area contributed by atoms with Gasteiger partial charge in [0.15, 0.2) is 0 Å². The number of carbonyl (C=O) groups excluding carboxylic acids is 3. The number of thioether (sulfide) groups is 1. The molecule has 4 aromatic rings. The van der Waals surface area contributed by atoms with Crippen LogP contribution in [0.25, 0.3) is 0 Å². The van der Waals surface area contributed by atoms with Gasteiger partial charge in [-0.15, -0.1) is 0 Å². The van der Waals surface area contributed by atoms with Crippen LogP contribution in [0.2, 0.25) is 0 Å². The lowest BCUT2D eigenvalue weighted by atomic mass is 9.83. The summed E-state index contributed by atoms with van der Waals surface area (Å²) >= 11 is 2.10. The molecule has 0 radical (unpaired) electrons. The van der Waals surface area contributed by atoms with Gasteiger partial charge in [-0.05, 0) is 54.4 Å². The van der Waals surface area contributed by atoms with Crippen LogP contribution >= 0.6 is 23.1 Å². The minimum atomic E-state index is -0.805. The van der Waals surface area contributed by atoms with Crippen LogP contribution in [-0.2, 0) is 20.9 Å². The maximum atomic E-state index is 13.8. The summed E-state index contributed by atoms with van der Waals surface area (Å²) in [7, 11) is 0. The second kappa shape index (κ2) is 9.94. The molecule has 10 heteroatoms. The number of carbonyl (C=O) groups is 3. The molecule has 39 heavy (non-hydrogen) atoms. The average Bonchev–Trinajstić information content (AvgIpc) is 3.36. The Bertz CT molecular complexity index is 1670. The van der Waals surface area contributed by atoms with Gasteiger partial charge in [-0.3, -0.25) is 23.7 Å². The highest BCUT2D eigenvalue weighted by atomic mass is 32.2. The first-order chi connectivity index (χ1) is 18.8. The van der Waals surface area contributed by atoms with Crippen LogP contribution in [0.15, 0.2) is 88.7 Å². The first-order valence-electron chi connectivity index (χ1n) is 12.3. The standard InChI is InChI=1S/C29H22FN3O4S2/c1-16-6-5-7-19(14-16)31-21(34)15-32-28-25(39-29(32)37)22(17-10-12-18(30)13-11-17)23-24(38-28)27(36)33(26(23)35)20-8-3-2-4-9-20/h2-14,22-24H,15H2,1H3,(H,31,34)/t22-,23-,24+/m0/s1. The summed E-state index contributed by atoms with van der Waals surface area (Å²) in [6, 6.07) is 21.8. The van der Waals surface area contributed by atoms with E-state index in [9.17, 15) is 23.6 Å². The molecule has 0 unspecified atom stereocenters. The predicted octanol–water partition coefficient (Wildman–Crippen LogP) is 4.79. The largest absolute Gasteiger partial charge is 0.325 e. The summed E-state index contributed by atoms with van der Waals surface area (Å²) in [6.45, 7) is 1.67. The number of imide groups is 1. The molecule has 7 nitrogen and oxygen atoms in total. The highest BCUT2D eigenvalue weighted by Gasteiger charge is 2.56. The number of para-hydroxylation sites is 1. The van der Waals surface area contributed by atoms with Gasteiger partial charge in [0.2, 0.25) is 17.7 Å². The van der Waals surface area contributed by atoms with Gasteiger partial charge in [-0.1, -0.05) is 65.6 Å². The molecule has 0 aliphatic carbocycles. The number of rotatable bonds is 5. The topological polar surface area (TPSA) is 88.5 Å². The van der Waals surface area contributed by atoms with Crippen molar-refractivity contribution in [3.8, 4) is 0 Å². The van der Waals surface area contributed by atoms with Gasteiger partial charge in [0.05, 0.1) is 16.6 Å². The summed E-state index contributed by atoms with van der Waals surface area (Å²) < 4.78 is 15.2.